The van der Waals surface area contributed by atoms with Crippen molar-refractivity contribution in [2.75, 3.05) is 13.1 Å². The van der Waals surface area contributed by atoms with Gasteiger partial charge in [-0.05, 0) is 38.0 Å². The summed E-state index contributed by atoms with van der Waals surface area (Å²) in [6.45, 7) is 5.28. The van der Waals surface area contributed by atoms with E-state index in [9.17, 15) is 9.59 Å². The predicted molar refractivity (Wildman–Crippen MR) is 73.7 cm³/mol. The van der Waals surface area contributed by atoms with Crippen LogP contribution in [0, 0.1) is 5.92 Å². The molecular formula is C14H26N2O3. The summed E-state index contributed by atoms with van der Waals surface area (Å²) in [7, 11) is 0. The van der Waals surface area contributed by atoms with Gasteiger partial charge in [-0.3, -0.25) is 9.59 Å². The van der Waals surface area contributed by atoms with Gasteiger partial charge in [0.2, 0.25) is 5.91 Å². The zero-order valence-corrected chi connectivity index (χ0v) is 12.0. The maximum absolute atomic E-state index is 12.5. The first kappa shape index (κ1) is 16.0. The third kappa shape index (κ3) is 4.20. The average Bonchev–Trinajstić information content (AvgIpc) is 2.43. The summed E-state index contributed by atoms with van der Waals surface area (Å²) >= 11 is 0. The highest BCUT2D eigenvalue weighted by molar-refractivity contribution is 5.86. The van der Waals surface area contributed by atoms with Gasteiger partial charge in [-0.1, -0.05) is 13.8 Å². The molecule has 1 atom stereocenters. The third-order valence-corrected chi connectivity index (χ3v) is 4.26. The molecule has 0 saturated carbocycles. The van der Waals surface area contributed by atoms with Crippen molar-refractivity contribution in [2.45, 2.75) is 57.9 Å². The fourth-order valence-corrected chi connectivity index (χ4v) is 2.68. The quantitative estimate of drug-likeness (QED) is 0.768. The number of carbonyl (C=O) groups is 2. The van der Waals surface area contributed by atoms with E-state index in [1.54, 1.807) is 0 Å². The van der Waals surface area contributed by atoms with E-state index in [1.807, 2.05) is 18.7 Å². The maximum Gasteiger partial charge on any atom is 0.303 e. The largest absolute Gasteiger partial charge is 0.481 e. The van der Waals surface area contributed by atoms with E-state index in [0.717, 1.165) is 19.4 Å². The number of carboxylic acids is 1. The van der Waals surface area contributed by atoms with Gasteiger partial charge in [-0.15, -0.1) is 0 Å². The molecule has 0 radical (unpaired) electrons. The topological polar surface area (TPSA) is 83.6 Å². The van der Waals surface area contributed by atoms with E-state index in [4.69, 9.17) is 10.8 Å². The average molecular weight is 270 g/mol. The Kier molecular flexibility index (Phi) is 5.79. The van der Waals surface area contributed by atoms with Crippen LogP contribution in [-0.2, 0) is 9.59 Å². The monoisotopic (exact) mass is 270 g/mol. The summed E-state index contributed by atoms with van der Waals surface area (Å²) in [4.78, 5) is 24.9. The van der Waals surface area contributed by atoms with Crippen molar-refractivity contribution in [3.63, 3.8) is 0 Å². The standard InChI is InChI=1S/C14H26N2O3/c1-3-14(15,4-2)13(19)16-9-5-6-11(10-16)7-8-12(17)18/h11H,3-10,15H2,1-2H3,(H,17,18). The molecule has 0 bridgehead atoms. The Morgan fingerprint density at radius 1 is 1.37 bits per heavy atom. The minimum atomic E-state index is -0.765. The SMILES string of the molecule is CCC(N)(CC)C(=O)N1CCCC(CCC(=O)O)C1. The van der Waals surface area contributed by atoms with E-state index in [-0.39, 0.29) is 12.3 Å². The Hall–Kier alpha value is -1.10. The van der Waals surface area contributed by atoms with Crippen molar-refractivity contribution in [3.8, 4) is 0 Å². The minimum Gasteiger partial charge on any atom is -0.481 e. The number of hydrogen-bond acceptors (Lipinski definition) is 3. The molecule has 0 aromatic heterocycles. The second kappa shape index (κ2) is 6.89. The lowest BCUT2D eigenvalue weighted by Crippen LogP contribution is -2.56. The molecule has 5 heteroatoms. The van der Waals surface area contributed by atoms with Gasteiger partial charge in [0, 0.05) is 19.5 Å². The molecule has 110 valence electrons. The zero-order valence-electron chi connectivity index (χ0n) is 12.0. The Morgan fingerprint density at radius 2 is 2.00 bits per heavy atom. The number of nitrogens with zero attached hydrogens (tertiary/aromatic N) is 1. The zero-order chi connectivity index (χ0) is 14.5. The van der Waals surface area contributed by atoms with Crippen molar-refractivity contribution in [1.82, 2.24) is 4.90 Å². The number of amides is 1. The van der Waals surface area contributed by atoms with Crippen molar-refractivity contribution in [3.05, 3.63) is 0 Å². The molecule has 0 spiro atoms. The molecule has 1 aliphatic heterocycles. The van der Waals surface area contributed by atoms with Gasteiger partial charge in [0.25, 0.3) is 0 Å². The fraction of sp³-hybridized carbons (Fsp3) is 0.857. The first-order valence-corrected chi connectivity index (χ1v) is 7.23. The molecule has 1 saturated heterocycles. The molecule has 0 aromatic rings. The van der Waals surface area contributed by atoms with E-state index in [0.29, 0.717) is 31.7 Å². The first-order valence-electron chi connectivity index (χ1n) is 7.23. The van der Waals surface area contributed by atoms with Crippen molar-refractivity contribution in [1.29, 1.82) is 0 Å². The highest BCUT2D eigenvalue weighted by Gasteiger charge is 2.36. The van der Waals surface area contributed by atoms with Gasteiger partial charge in [0.1, 0.15) is 0 Å². The van der Waals surface area contributed by atoms with Gasteiger partial charge in [-0.25, -0.2) is 0 Å². The molecule has 0 aromatic carbocycles. The molecule has 1 rings (SSSR count). The van der Waals surface area contributed by atoms with Crippen LogP contribution in [0.25, 0.3) is 0 Å². The Labute approximate surface area is 115 Å². The molecule has 3 N–H and O–H groups in total. The minimum absolute atomic E-state index is 0.0255. The molecule has 1 heterocycles. The van der Waals surface area contributed by atoms with Gasteiger partial charge >= 0.3 is 5.97 Å². The molecule has 0 aliphatic carbocycles. The highest BCUT2D eigenvalue weighted by atomic mass is 16.4. The van der Waals surface area contributed by atoms with Crippen LogP contribution in [0.4, 0.5) is 0 Å². The number of piperidine rings is 1. The molecule has 19 heavy (non-hydrogen) atoms. The van der Waals surface area contributed by atoms with E-state index in [2.05, 4.69) is 0 Å². The molecular weight excluding hydrogens is 244 g/mol. The molecule has 1 aliphatic rings. The lowest BCUT2D eigenvalue weighted by molar-refractivity contribution is -0.139. The third-order valence-electron chi connectivity index (χ3n) is 4.26. The second-order valence-corrected chi connectivity index (χ2v) is 5.56. The van der Waals surface area contributed by atoms with Gasteiger partial charge in [-0.2, -0.15) is 0 Å². The summed E-state index contributed by atoms with van der Waals surface area (Å²) in [6.07, 6.45) is 4.06. The van der Waals surface area contributed by atoms with Crippen LogP contribution in [0.15, 0.2) is 0 Å². The Balaban J connectivity index is 2.59. The first-order chi connectivity index (χ1) is 8.92. The fourth-order valence-electron chi connectivity index (χ4n) is 2.68. The van der Waals surface area contributed by atoms with Gasteiger partial charge in [0.15, 0.2) is 0 Å². The van der Waals surface area contributed by atoms with Crippen LogP contribution in [0.1, 0.15) is 52.4 Å². The number of carboxylic acid groups (broad SMARTS) is 1. The van der Waals surface area contributed by atoms with Crippen molar-refractivity contribution >= 4 is 11.9 Å². The Bertz CT molecular complexity index is 327. The highest BCUT2D eigenvalue weighted by Crippen LogP contribution is 2.24. The van der Waals surface area contributed by atoms with Crippen LogP contribution in [-0.4, -0.2) is 40.5 Å². The van der Waals surface area contributed by atoms with E-state index >= 15 is 0 Å². The summed E-state index contributed by atoms with van der Waals surface area (Å²) < 4.78 is 0. The lowest BCUT2D eigenvalue weighted by atomic mass is 9.88. The summed E-state index contributed by atoms with van der Waals surface area (Å²) in [5.41, 5.74) is 5.40. The van der Waals surface area contributed by atoms with E-state index < -0.39 is 11.5 Å². The molecule has 1 unspecified atom stereocenters. The number of likely N-dealkylation sites (tertiary alicyclic amines) is 1. The van der Waals surface area contributed by atoms with Crippen molar-refractivity contribution in [2.24, 2.45) is 11.7 Å². The normalized spacial score (nSPS) is 20.4. The number of hydrogen-bond donors (Lipinski definition) is 2. The summed E-state index contributed by atoms with van der Waals surface area (Å²) in [5, 5.41) is 8.72. The number of rotatable bonds is 6. The molecule has 1 amide bonds. The van der Waals surface area contributed by atoms with Crippen LogP contribution in [0.3, 0.4) is 0 Å². The van der Waals surface area contributed by atoms with Crippen LogP contribution in [0.2, 0.25) is 0 Å². The summed E-state index contributed by atoms with van der Waals surface area (Å²) in [6, 6.07) is 0. The molecule has 5 nitrogen and oxygen atoms in total. The van der Waals surface area contributed by atoms with Crippen LogP contribution in [0.5, 0.6) is 0 Å². The van der Waals surface area contributed by atoms with E-state index in [1.165, 1.54) is 0 Å². The second-order valence-electron chi connectivity index (χ2n) is 5.56. The van der Waals surface area contributed by atoms with Gasteiger partial charge < -0.3 is 15.7 Å². The number of carbonyl (C=O) groups excluding carboxylic acids is 1. The van der Waals surface area contributed by atoms with Crippen LogP contribution < -0.4 is 5.73 Å². The lowest BCUT2D eigenvalue weighted by Gasteiger charge is -2.38. The molecule has 1 fully saturated rings. The number of aliphatic carboxylic acids is 1. The number of nitrogens with two attached hydrogens (primary N) is 1. The van der Waals surface area contributed by atoms with Crippen LogP contribution >= 0.6 is 0 Å². The Morgan fingerprint density at radius 3 is 2.53 bits per heavy atom. The predicted octanol–water partition coefficient (Wildman–Crippen LogP) is 1.61. The smallest absolute Gasteiger partial charge is 0.303 e. The van der Waals surface area contributed by atoms with Crippen molar-refractivity contribution < 1.29 is 14.7 Å². The summed E-state index contributed by atoms with van der Waals surface area (Å²) in [5.74, 6) is -0.442. The maximum atomic E-state index is 12.5. The van der Waals surface area contributed by atoms with Gasteiger partial charge in [0.05, 0.1) is 5.54 Å².